The van der Waals surface area contributed by atoms with E-state index in [9.17, 15) is 4.79 Å². The molecule has 4 heteroatoms. The Bertz CT molecular complexity index is 517. The topological polar surface area (TPSA) is 49.3 Å². The summed E-state index contributed by atoms with van der Waals surface area (Å²) in [6.45, 7) is 2.88. The summed E-state index contributed by atoms with van der Waals surface area (Å²) < 4.78 is 1.14. The van der Waals surface area contributed by atoms with Gasteiger partial charge in [0.05, 0.1) is 4.88 Å². The molecule has 2 rings (SSSR count). The molecule has 1 amide bonds. The summed E-state index contributed by atoms with van der Waals surface area (Å²) in [7, 11) is 0. The maximum absolute atomic E-state index is 12.0. The van der Waals surface area contributed by atoms with Gasteiger partial charge >= 0.3 is 0 Å². The van der Waals surface area contributed by atoms with Crippen LogP contribution in [0.25, 0.3) is 10.1 Å². The molecule has 2 aromatic rings. The van der Waals surface area contributed by atoms with E-state index in [4.69, 9.17) is 5.11 Å². The van der Waals surface area contributed by atoms with Crippen LogP contribution in [-0.2, 0) is 0 Å². The lowest BCUT2D eigenvalue weighted by Gasteiger charge is -2.07. The van der Waals surface area contributed by atoms with Gasteiger partial charge in [-0.1, -0.05) is 25.1 Å². The number of hydrogen-bond acceptors (Lipinski definition) is 3. The van der Waals surface area contributed by atoms with Crippen LogP contribution in [0.3, 0.4) is 0 Å². The van der Waals surface area contributed by atoms with Crippen LogP contribution in [0.5, 0.6) is 0 Å². The van der Waals surface area contributed by atoms with Gasteiger partial charge in [-0.3, -0.25) is 4.79 Å². The molecule has 0 aliphatic carbocycles. The molecule has 0 aliphatic heterocycles. The van der Waals surface area contributed by atoms with Crippen molar-refractivity contribution in [3.8, 4) is 0 Å². The number of aliphatic hydroxyl groups excluding tert-OH is 1. The van der Waals surface area contributed by atoms with Crippen LogP contribution in [0.15, 0.2) is 30.3 Å². The number of benzene rings is 1. The Labute approximate surface area is 117 Å². The molecule has 0 saturated carbocycles. The number of nitrogens with one attached hydrogen (secondary N) is 1. The lowest BCUT2D eigenvalue weighted by Crippen LogP contribution is -2.24. The molecule has 3 nitrogen and oxygen atoms in total. The maximum Gasteiger partial charge on any atom is 0.261 e. The fourth-order valence-electron chi connectivity index (χ4n) is 1.92. The summed E-state index contributed by atoms with van der Waals surface area (Å²) in [6, 6.07) is 9.95. The number of aliphatic hydroxyl groups is 1. The minimum absolute atomic E-state index is 0.00199. The highest BCUT2D eigenvalue weighted by atomic mass is 32.1. The Kier molecular flexibility index (Phi) is 4.93. The predicted molar refractivity (Wildman–Crippen MR) is 79.6 cm³/mol. The SMILES string of the molecule is CC(CO)CCCNC(=O)c1cc2ccccc2s1. The fourth-order valence-corrected chi connectivity index (χ4v) is 2.90. The Morgan fingerprint density at radius 3 is 2.95 bits per heavy atom. The number of carbonyl (C=O) groups excluding carboxylic acids is 1. The van der Waals surface area contributed by atoms with Crippen LogP contribution in [0, 0.1) is 5.92 Å². The number of fused-ring (bicyclic) bond motifs is 1. The number of thiophene rings is 1. The summed E-state index contributed by atoms with van der Waals surface area (Å²) >= 11 is 1.52. The van der Waals surface area contributed by atoms with Gasteiger partial charge in [0.15, 0.2) is 0 Å². The molecular formula is C15H19NO2S. The second kappa shape index (κ2) is 6.68. The summed E-state index contributed by atoms with van der Waals surface area (Å²) in [6.07, 6.45) is 1.83. The first-order valence-electron chi connectivity index (χ1n) is 6.58. The van der Waals surface area contributed by atoms with Gasteiger partial charge in [-0.25, -0.2) is 0 Å². The molecule has 1 atom stereocenters. The van der Waals surface area contributed by atoms with Gasteiger partial charge in [0, 0.05) is 17.9 Å². The second-order valence-electron chi connectivity index (χ2n) is 4.83. The Morgan fingerprint density at radius 2 is 2.21 bits per heavy atom. The molecule has 0 radical (unpaired) electrons. The van der Waals surface area contributed by atoms with Crippen molar-refractivity contribution < 1.29 is 9.90 Å². The first-order valence-corrected chi connectivity index (χ1v) is 7.40. The molecule has 1 aromatic heterocycles. The average Bonchev–Trinajstić information content (AvgIpc) is 2.87. The van der Waals surface area contributed by atoms with E-state index >= 15 is 0 Å². The standard InChI is InChI=1S/C15H19NO2S/c1-11(10-17)5-4-8-16-15(18)14-9-12-6-2-3-7-13(12)19-14/h2-3,6-7,9,11,17H,4-5,8,10H2,1H3,(H,16,18). The maximum atomic E-state index is 12.0. The van der Waals surface area contributed by atoms with Crippen LogP contribution < -0.4 is 5.32 Å². The van der Waals surface area contributed by atoms with Gasteiger partial charge in [-0.05, 0) is 36.3 Å². The van der Waals surface area contributed by atoms with Crippen LogP contribution >= 0.6 is 11.3 Å². The molecule has 0 fully saturated rings. The van der Waals surface area contributed by atoms with Crippen LogP contribution in [0.1, 0.15) is 29.4 Å². The third kappa shape index (κ3) is 3.78. The number of amides is 1. The van der Waals surface area contributed by atoms with E-state index in [0.29, 0.717) is 12.5 Å². The monoisotopic (exact) mass is 277 g/mol. The molecule has 19 heavy (non-hydrogen) atoms. The lowest BCUT2D eigenvalue weighted by molar-refractivity contribution is 0.0956. The van der Waals surface area contributed by atoms with Crippen LogP contribution in [0.2, 0.25) is 0 Å². The third-order valence-electron chi connectivity index (χ3n) is 3.12. The average molecular weight is 277 g/mol. The van der Waals surface area contributed by atoms with Crippen molar-refractivity contribution in [3.05, 3.63) is 35.2 Å². The van der Waals surface area contributed by atoms with Gasteiger partial charge in [-0.15, -0.1) is 11.3 Å². The van der Waals surface area contributed by atoms with Crippen molar-refractivity contribution in [1.82, 2.24) is 5.32 Å². The second-order valence-corrected chi connectivity index (χ2v) is 5.92. The van der Waals surface area contributed by atoms with Crippen LogP contribution in [-0.4, -0.2) is 24.2 Å². The zero-order chi connectivity index (χ0) is 13.7. The van der Waals surface area contributed by atoms with Gasteiger partial charge in [0.1, 0.15) is 0 Å². The molecule has 1 aromatic carbocycles. The smallest absolute Gasteiger partial charge is 0.261 e. The molecular weight excluding hydrogens is 258 g/mol. The van der Waals surface area contributed by atoms with Crippen molar-refractivity contribution in [3.63, 3.8) is 0 Å². The Balaban J connectivity index is 1.86. The zero-order valence-electron chi connectivity index (χ0n) is 11.1. The quantitative estimate of drug-likeness (QED) is 0.797. The van der Waals surface area contributed by atoms with E-state index in [1.165, 1.54) is 11.3 Å². The molecule has 0 saturated heterocycles. The largest absolute Gasteiger partial charge is 0.396 e. The Morgan fingerprint density at radius 1 is 1.42 bits per heavy atom. The summed E-state index contributed by atoms with van der Waals surface area (Å²) in [5.41, 5.74) is 0. The minimum atomic E-state index is -0.00199. The number of rotatable bonds is 6. The van der Waals surface area contributed by atoms with Crippen molar-refractivity contribution >= 4 is 27.3 Å². The minimum Gasteiger partial charge on any atom is -0.396 e. The van der Waals surface area contributed by atoms with Crippen LogP contribution in [0.4, 0.5) is 0 Å². The lowest BCUT2D eigenvalue weighted by atomic mass is 10.1. The highest BCUT2D eigenvalue weighted by molar-refractivity contribution is 7.20. The third-order valence-corrected chi connectivity index (χ3v) is 4.24. The van der Waals surface area contributed by atoms with Crippen molar-refractivity contribution in [1.29, 1.82) is 0 Å². The fraction of sp³-hybridized carbons (Fsp3) is 0.400. The molecule has 1 unspecified atom stereocenters. The molecule has 102 valence electrons. The summed E-state index contributed by atoms with van der Waals surface area (Å²) in [5, 5.41) is 13.0. The highest BCUT2D eigenvalue weighted by Crippen LogP contribution is 2.24. The molecule has 0 aliphatic rings. The normalized spacial score (nSPS) is 12.5. The van der Waals surface area contributed by atoms with E-state index in [2.05, 4.69) is 5.32 Å². The first kappa shape index (κ1) is 14.0. The van der Waals surface area contributed by atoms with Gasteiger partial charge in [0.25, 0.3) is 5.91 Å². The van der Waals surface area contributed by atoms with Gasteiger partial charge < -0.3 is 10.4 Å². The van der Waals surface area contributed by atoms with Crippen molar-refractivity contribution in [2.45, 2.75) is 19.8 Å². The molecule has 1 heterocycles. The van der Waals surface area contributed by atoms with E-state index in [-0.39, 0.29) is 12.5 Å². The summed E-state index contributed by atoms with van der Waals surface area (Å²) in [4.78, 5) is 12.7. The highest BCUT2D eigenvalue weighted by Gasteiger charge is 2.09. The van der Waals surface area contributed by atoms with Crippen molar-refractivity contribution in [2.75, 3.05) is 13.2 Å². The predicted octanol–water partition coefficient (Wildman–Crippen LogP) is 3.04. The van der Waals surface area contributed by atoms with Gasteiger partial charge in [0.2, 0.25) is 0 Å². The first-order chi connectivity index (χ1) is 9.20. The molecule has 0 bridgehead atoms. The van der Waals surface area contributed by atoms with E-state index in [1.807, 2.05) is 37.3 Å². The van der Waals surface area contributed by atoms with E-state index < -0.39 is 0 Å². The van der Waals surface area contributed by atoms with Crippen molar-refractivity contribution in [2.24, 2.45) is 5.92 Å². The zero-order valence-corrected chi connectivity index (χ0v) is 11.9. The molecule has 0 spiro atoms. The number of hydrogen-bond donors (Lipinski definition) is 2. The molecule has 2 N–H and O–H groups in total. The van der Waals surface area contributed by atoms with Gasteiger partial charge in [-0.2, -0.15) is 0 Å². The van der Waals surface area contributed by atoms with E-state index in [1.54, 1.807) is 0 Å². The van der Waals surface area contributed by atoms with E-state index in [0.717, 1.165) is 27.8 Å². The Hall–Kier alpha value is -1.39. The number of carbonyl (C=O) groups is 1. The summed E-state index contributed by atoms with van der Waals surface area (Å²) in [5.74, 6) is 0.305.